The molecule has 1 fully saturated rings. The van der Waals surface area contributed by atoms with Gasteiger partial charge in [0.25, 0.3) is 0 Å². The molecule has 126 valence electrons. The van der Waals surface area contributed by atoms with Crippen LogP contribution in [-0.2, 0) is 16.0 Å². The molecule has 1 aliphatic heterocycles. The van der Waals surface area contributed by atoms with Crippen LogP contribution < -0.4 is 5.32 Å². The Hall–Kier alpha value is -1.59. The fraction of sp³-hybridized carbons (Fsp3) is 0.529. The SMILES string of the molecule is CC(=O)N1CCN(C)C(C(=O)NCCCc2ccccc2Cl)C1. The van der Waals surface area contributed by atoms with Crippen molar-refractivity contribution >= 4 is 23.4 Å². The van der Waals surface area contributed by atoms with E-state index < -0.39 is 0 Å². The summed E-state index contributed by atoms with van der Waals surface area (Å²) in [5.41, 5.74) is 1.10. The minimum absolute atomic E-state index is 0.0161. The van der Waals surface area contributed by atoms with Crippen LogP contribution in [0, 0.1) is 0 Å². The Morgan fingerprint density at radius 2 is 2.04 bits per heavy atom. The number of piperazine rings is 1. The molecule has 2 rings (SSSR count). The molecule has 1 saturated heterocycles. The number of hydrogen-bond acceptors (Lipinski definition) is 3. The van der Waals surface area contributed by atoms with Crippen molar-refractivity contribution in [1.82, 2.24) is 15.1 Å². The van der Waals surface area contributed by atoms with Gasteiger partial charge in [-0.15, -0.1) is 0 Å². The lowest BCUT2D eigenvalue weighted by atomic mass is 10.1. The highest BCUT2D eigenvalue weighted by Crippen LogP contribution is 2.16. The van der Waals surface area contributed by atoms with Crippen molar-refractivity contribution in [2.75, 3.05) is 33.2 Å². The molecule has 1 N–H and O–H groups in total. The highest BCUT2D eigenvalue weighted by atomic mass is 35.5. The van der Waals surface area contributed by atoms with Crippen molar-refractivity contribution in [2.45, 2.75) is 25.8 Å². The summed E-state index contributed by atoms with van der Waals surface area (Å²) in [7, 11) is 1.92. The topological polar surface area (TPSA) is 52.7 Å². The van der Waals surface area contributed by atoms with E-state index in [1.165, 1.54) is 0 Å². The van der Waals surface area contributed by atoms with Crippen LogP contribution in [0.1, 0.15) is 18.9 Å². The number of halogens is 1. The molecule has 1 aliphatic rings. The van der Waals surface area contributed by atoms with Gasteiger partial charge in [0, 0.05) is 38.1 Å². The number of rotatable bonds is 5. The van der Waals surface area contributed by atoms with E-state index in [1.54, 1.807) is 11.8 Å². The van der Waals surface area contributed by atoms with E-state index in [1.807, 2.05) is 36.2 Å². The number of aryl methyl sites for hydroxylation is 1. The van der Waals surface area contributed by atoms with Gasteiger partial charge >= 0.3 is 0 Å². The summed E-state index contributed by atoms with van der Waals surface area (Å²) in [6, 6.07) is 7.49. The number of carbonyl (C=O) groups is 2. The van der Waals surface area contributed by atoms with Crippen molar-refractivity contribution in [1.29, 1.82) is 0 Å². The number of carbonyl (C=O) groups excluding carboxylic acids is 2. The average Bonchev–Trinajstić information content (AvgIpc) is 2.53. The molecular weight excluding hydrogens is 314 g/mol. The van der Waals surface area contributed by atoms with Gasteiger partial charge in [0.1, 0.15) is 6.04 Å². The van der Waals surface area contributed by atoms with E-state index in [2.05, 4.69) is 5.32 Å². The molecular formula is C17H24ClN3O2. The van der Waals surface area contributed by atoms with E-state index in [-0.39, 0.29) is 17.9 Å². The number of amides is 2. The van der Waals surface area contributed by atoms with Crippen LogP contribution >= 0.6 is 11.6 Å². The van der Waals surface area contributed by atoms with Gasteiger partial charge < -0.3 is 10.2 Å². The number of nitrogens with zero attached hydrogens (tertiary/aromatic N) is 2. The molecule has 1 aromatic carbocycles. The van der Waals surface area contributed by atoms with Crippen LogP contribution in [0.5, 0.6) is 0 Å². The Balaban J connectivity index is 1.77. The third kappa shape index (κ3) is 4.94. The maximum absolute atomic E-state index is 12.3. The predicted octanol–water partition coefficient (Wildman–Crippen LogP) is 1.55. The number of likely N-dealkylation sites (N-methyl/N-ethyl adjacent to an activating group) is 1. The third-order valence-electron chi connectivity index (χ3n) is 4.28. The molecule has 0 bridgehead atoms. The first-order chi connectivity index (χ1) is 11.0. The molecule has 2 amide bonds. The van der Waals surface area contributed by atoms with E-state index in [0.29, 0.717) is 19.6 Å². The second-order valence-corrected chi connectivity index (χ2v) is 6.35. The molecule has 1 unspecified atom stereocenters. The number of benzene rings is 1. The van der Waals surface area contributed by atoms with Gasteiger partial charge in [-0.1, -0.05) is 29.8 Å². The molecule has 0 saturated carbocycles. The summed E-state index contributed by atoms with van der Waals surface area (Å²) < 4.78 is 0. The van der Waals surface area contributed by atoms with Crippen LogP contribution in [0.25, 0.3) is 0 Å². The fourth-order valence-electron chi connectivity index (χ4n) is 2.75. The van der Waals surface area contributed by atoms with Gasteiger partial charge in [0.15, 0.2) is 0 Å². The molecule has 1 heterocycles. The van der Waals surface area contributed by atoms with Crippen LogP contribution in [0.4, 0.5) is 0 Å². The second kappa shape index (κ2) is 8.31. The van der Waals surface area contributed by atoms with Crippen LogP contribution in [0.2, 0.25) is 5.02 Å². The highest BCUT2D eigenvalue weighted by molar-refractivity contribution is 6.31. The molecule has 0 aliphatic carbocycles. The Labute approximate surface area is 142 Å². The van der Waals surface area contributed by atoms with Crippen LogP contribution in [0.3, 0.4) is 0 Å². The highest BCUT2D eigenvalue weighted by Gasteiger charge is 2.30. The largest absolute Gasteiger partial charge is 0.355 e. The summed E-state index contributed by atoms with van der Waals surface area (Å²) >= 11 is 6.12. The standard InChI is InChI=1S/C17H24ClN3O2/c1-13(22)21-11-10-20(2)16(12-21)17(23)19-9-5-7-14-6-3-4-8-15(14)18/h3-4,6,8,16H,5,7,9-12H2,1-2H3,(H,19,23). The average molecular weight is 338 g/mol. The summed E-state index contributed by atoms with van der Waals surface area (Å²) in [5, 5.41) is 3.74. The minimum atomic E-state index is -0.270. The number of nitrogens with one attached hydrogen (secondary N) is 1. The molecule has 5 nitrogen and oxygen atoms in total. The van der Waals surface area contributed by atoms with Crippen LogP contribution in [-0.4, -0.2) is 60.9 Å². The molecule has 0 radical (unpaired) electrons. The van der Waals surface area contributed by atoms with Crippen molar-refractivity contribution in [2.24, 2.45) is 0 Å². The fourth-order valence-corrected chi connectivity index (χ4v) is 2.98. The summed E-state index contributed by atoms with van der Waals surface area (Å²) in [5.74, 6) is 0.00669. The lowest BCUT2D eigenvalue weighted by Crippen LogP contribution is -2.58. The lowest BCUT2D eigenvalue weighted by Gasteiger charge is -2.38. The van der Waals surface area contributed by atoms with E-state index >= 15 is 0 Å². The molecule has 0 aromatic heterocycles. The first-order valence-corrected chi connectivity index (χ1v) is 8.33. The Morgan fingerprint density at radius 3 is 2.74 bits per heavy atom. The molecule has 23 heavy (non-hydrogen) atoms. The zero-order valence-corrected chi connectivity index (χ0v) is 14.5. The van der Waals surface area contributed by atoms with Gasteiger partial charge in [-0.3, -0.25) is 14.5 Å². The van der Waals surface area contributed by atoms with E-state index in [9.17, 15) is 9.59 Å². The second-order valence-electron chi connectivity index (χ2n) is 5.95. The van der Waals surface area contributed by atoms with Crippen molar-refractivity contribution < 1.29 is 9.59 Å². The quantitative estimate of drug-likeness (QED) is 0.829. The molecule has 1 aromatic rings. The van der Waals surface area contributed by atoms with Crippen molar-refractivity contribution in [3.8, 4) is 0 Å². The summed E-state index contributed by atoms with van der Waals surface area (Å²) in [6.45, 7) is 4.01. The van der Waals surface area contributed by atoms with Gasteiger partial charge in [-0.2, -0.15) is 0 Å². The van der Waals surface area contributed by atoms with E-state index in [4.69, 9.17) is 11.6 Å². The Morgan fingerprint density at radius 1 is 1.30 bits per heavy atom. The lowest BCUT2D eigenvalue weighted by molar-refractivity contribution is -0.135. The maximum atomic E-state index is 12.3. The zero-order valence-electron chi connectivity index (χ0n) is 13.7. The van der Waals surface area contributed by atoms with Crippen LogP contribution in [0.15, 0.2) is 24.3 Å². The molecule has 6 heteroatoms. The molecule has 0 spiro atoms. The van der Waals surface area contributed by atoms with E-state index in [0.717, 1.165) is 30.0 Å². The minimum Gasteiger partial charge on any atom is -0.355 e. The normalized spacial score (nSPS) is 18.7. The van der Waals surface area contributed by atoms with Gasteiger partial charge in [-0.05, 0) is 31.5 Å². The van der Waals surface area contributed by atoms with Crippen molar-refractivity contribution in [3.05, 3.63) is 34.9 Å². The first-order valence-electron chi connectivity index (χ1n) is 7.96. The molecule has 1 atom stereocenters. The van der Waals surface area contributed by atoms with Crippen molar-refractivity contribution in [3.63, 3.8) is 0 Å². The third-order valence-corrected chi connectivity index (χ3v) is 4.64. The Kier molecular flexibility index (Phi) is 6.42. The maximum Gasteiger partial charge on any atom is 0.239 e. The predicted molar refractivity (Wildman–Crippen MR) is 91.5 cm³/mol. The monoisotopic (exact) mass is 337 g/mol. The van der Waals surface area contributed by atoms with Gasteiger partial charge in [0.2, 0.25) is 11.8 Å². The van der Waals surface area contributed by atoms with Gasteiger partial charge in [0.05, 0.1) is 0 Å². The number of hydrogen-bond donors (Lipinski definition) is 1. The smallest absolute Gasteiger partial charge is 0.239 e. The van der Waals surface area contributed by atoms with Gasteiger partial charge in [-0.25, -0.2) is 0 Å². The summed E-state index contributed by atoms with van der Waals surface area (Å²) in [4.78, 5) is 27.6. The Bertz CT molecular complexity index is 565. The summed E-state index contributed by atoms with van der Waals surface area (Å²) in [6.07, 6.45) is 1.67. The first kappa shape index (κ1) is 17.8. The zero-order chi connectivity index (χ0) is 16.8.